The second-order valence-corrected chi connectivity index (χ2v) is 7.64. The van der Waals surface area contributed by atoms with Crippen molar-refractivity contribution in [3.63, 3.8) is 0 Å². The molecule has 4 aromatic rings. The van der Waals surface area contributed by atoms with Gasteiger partial charge in [-0.15, -0.1) is 0 Å². The summed E-state index contributed by atoms with van der Waals surface area (Å²) in [6, 6.07) is 13.9. The lowest BCUT2D eigenvalue weighted by atomic mass is 10.1. The number of para-hydroxylation sites is 1. The molecule has 2 aromatic carbocycles. The van der Waals surface area contributed by atoms with Crippen molar-refractivity contribution in [1.29, 1.82) is 0 Å². The lowest BCUT2D eigenvalue weighted by Gasteiger charge is -2.19. The van der Waals surface area contributed by atoms with Gasteiger partial charge in [-0.3, -0.25) is 4.79 Å². The number of carbonyl (C=O) groups excluding carboxylic acids is 1. The average molecular weight is 402 g/mol. The molecule has 1 aliphatic heterocycles. The molecule has 7 heteroatoms. The first-order valence-electron chi connectivity index (χ1n) is 9.95. The van der Waals surface area contributed by atoms with Crippen LogP contribution in [0.25, 0.3) is 10.9 Å². The number of aromatic nitrogens is 3. The minimum Gasteiger partial charge on any atom is -0.497 e. The van der Waals surface area contributed by atoms with Gasteiger partial charge in [-0.05, 0) is 30.2 Å². The summed E-state index contributed by atoms with van der Waals surface area (Å²) in [5.74, 6) is 1.83. The number of rotatable bonds is 5. The van der Waals surface area contributed by atoms with Crippen molar-refractivity contribution in [2.75, 3.05) is 18.6 Å². The van der Waals surface area contributed by atoms with Crippen LogP contribution in [0, 0.1) is 6.92 Å². The van der Waals surface area contributed by atoms with Gasteiger partial charge < -0.3 is 19.1 Å². The van der Waals surface area contributed by atoms with Crippen molar-refractivity contribution in [1.82, 2.24) is 15.1 Å². The molecule has 152 valence electrons. The SMILES string of the molecule is COc1ccc(C)c(N2CC(c3noc(Cc4c[nH]c5ccccc45)n3)CC2=O)c1. The molecule has 1 N–H and O–H groups in total. The first-order valence-corrected chi connectivity index (χ1v) is 9.95. The molecule has 1 amide bonds. The lowest BCUT2D eigenvalue weighted by Crippen LogP contribution is -2.25. The minimum absolute atomic E-state index is 0.0549. The molecule has 3 heterocycles. The number of H-pyrrole nitrogens is 1. The van der Waals surface area contributed by atoms with E-state index >= 15 is 0 Å². The fraction of sp³-hybridized carbons (Fsp3) is 0.261. The van der Waals surface area contributed by atoms with E-state index < -0.39 is 0 Å². The number of methoxy groups -OCH3 is 1. The van der Waals surface area contributed by atoms with E-state index in [0.717, 1.165) is 33.5 Å². The van der Waals surface area contributed by atoms with E-state index in [1.165, 1.54) is 0 Å². The second-order valence-electron chi connectivity index (χ2n) is 7.64. The third-order valence-corrected chi connectivity index (χ3v) is 5.70. The van der Waals surface area contributed by atoms with Gasteiger partial charge in [0, 0.05) is 42.0 Å². The van der Waals surface area contributed by atoms with E-state index in [-0.39, 0.29) is 11.8 Å². The van der Waals surface area contributed by atoms with Crippen molar-refractivity contribution < 1.29 is 14.1 Å². The number of anilines is 1. The summed E-state index contributed by atoms with van der Waals surface area (Å²) in [4.78, 5) is 22.4. The maximum atomic E-state index is 12.7. The van der Waals surface area contributed by atoms with Gasteiger partial charge in [0.2, 0.25) is 11.8 Å². The molecule has 0 aliphatic carbocycles. The van der Waals surface area contributed by atoms with E-state index in [9.17, 15) is 4.79 Å². The van der Waals surface area contributed by atoms with Gasteiger partial charge in [0.05, 0.1) is 19.2 Å². The van der Waals surface area contributed by atoms with E-state index in [1.807, 2.05) is 49.5 Å². The van der Waals surface area contributed by atoms with Gasteiger partial charge in [-0.25, -0.2) is 0 Å². The Morgan fingerprint density at radius 2 is 2.13 bits per heavy atom. The molecule has 5 rings (SSSR count). The Kier molecular flexibility index (Phi) is 4.50. The third-order valence-electron chi connectivity index (χ3n) is 5.70. The minimum atomic E-state index is -0.0939. The molecule has 0 spiro atoms. The Morgan fingerprint density at radius 1 is 1.27 bits per heavy atom. The number of hydrogen-bond acceptors (Lipinski definition) is 5. The van der Waals surface area contributed by atoms with Crippen LogP contribution in [0.2, 0.25) is 0 Å². The fourth-order valence-corrected chi connectivity index (χ4v) is 4.07. The van der Waals surface area contributed by atoms with Crippen LogP contribution in [0.5, 0.6) is 5.75 Å². The van der Waals surface area contributed by atoms with E-state index in [2.05, 4.69) is 21.2 Å². The zero-order valence-corrected chi connectivity index (χ0v) is 16.9. The topological polar surface area (TPSA) is 84.2 Å². The van der Waals surface area contributed by atoms with Gasteiger partial charge in [0.1, 0.15) is 5.75 Å². The molecule has 1 fully saturated rings. The molecule has 0 radical (unpaired) electrons. The number of fused-ring (bicyclic) bond motifs is 1. The molecule has 1 aliphatic rings. The Hall–Kier alpha value is -3.61. The monoisotopic (exact) mass is 402 g/mol. The molecule has 1 saturated heterocycles. The molecular formula is C23H22N4O3. The zero-order chi connectivity index (χ0) is 20.7. The van der Waals surface area contributed by atoms with Crippen molar-refractivity contribution >= 4 is 22.5 Å². The predicted octanol–water partition coefficient (Wildman–Crippen LogP) is 3.98. The number of carbonyl (C=O) groups is 1. The molecule has 0 bridgehead atoms. The zero-order valence-electron chi connectivity index (χ0n) is 16.9. The van der Waals surface area contributed by atoms with Crippen molar-refractivity contribution in [3.05, 3.63) is 71.5 Å². The van der Waals surface area contributed by atoms with Crippen molar-refractivity contribution in [2.45, 2.75) is 25.7 Å². The number of benzene rings is 2. The van der Waals surface area contributed by atoms with Crippen LogP contribution in [0.1, 0.15) is 35.2 Å². The quantitative estimate of drug-likeness (QED) is 0.546. The second kappa shape index (κ2) is 7.33. The Balaban J connectivity index is 1.35. The highest BCUT2D eigenvalue weighted by Crippen LogP contribution is 2.34. The van der Waals surface area contributed by atoms with Crippen LogP contribution in [0.3, 0.4) is 0 Å². The molecule has 1 atom stereocenters. The summed E-state index contributed by atoms with van der Waals surface area (Å²) < 4.78 is 10.8. The molecular weight excluding hydrogens is 380 g/mol. The number of ether oxygens (including phenoxy) is 1. The maximum absolute atomic E-state index is 12.7. The van der Waals surface area contributed by atoms with Crippen LogP contribution in [0.4, 0.5) is 5.69 Å². The Bertz CT molecular complexity index is 1230. The van der Waals surface area contributed by atoms with E-state index in [1.54, 1.807) is 12.0 Å². The molecule has 1 unspecified atom stereocenters. The van der Waals surface area contributed by atoms with Crippen LogP contribution >= 0.6 is 0 Å². The van der Waals surface area contributed by atoms with Gasteiger partial charge in [0.25, 0.3) is 0 Å². The van der Waals surface area contributed by atoms with Gasteiger partial charge in [-0.2, -0.15) is 4.98 Å². The Morgan fingerprint density at radius 3 is 3.00 bits per heavy atom. The van der Waals surface area contributed by atoms with Gasteiger partial charge in [0.15, 0.2) is 5.82 Å². The highest BCUT2D eigenvalue weighted by atomic mass is 16.5. The fourth-order valence-electron chi connectivity index (χ4n) is 4.07. The summed E-state index contributed by atoms with van der Waals surface area (Å²) in [5, 5.41) is 5.32. The number of nitrogens with zero attached hydrogens (tertiary/aromatic N) is 3. The van der Waals surface area contributed by atoms with Crippen LogP contribution in [-0.2, 0) is 11.2 Å². The first kappa shape index (κ1) is 18.4. The summed E-state index contributed by atoms with van der Waals surface area (Å²) in [5.41, 5.74) is 4.08. The lowest BCUT2D eigenvalue weighted by molar-refractivity contribution is -0.117. The first-order chi connectivity index (χ1) is 14.6. The van der Waals surface area contributed by atoms with Crippen molar-refractivity contribution in [3.8, 4) is 5.75 Å². The molecule has 30 heavy (non-hydrogen) atoms. The van der Waals surface area contributed by atoms with E-state index in [4.69, 9.17) is 9.26 Å². The van der Waals surface area contributed by atoms with Crippen molar-refractivity contribution in [2.24, 2.45) is 0 Å². The predicted molar refractivity (Wildman–Crippen MR) is 113 cm³/mol. The maximum Gasteiger partial charge on any atom is 0.231 e. The third kappa shape index (κ3) is 3.22. The molecule has 0 saturated carbocycles. The van der Waals surface area contributed by atoms with Gasteiger partial charge in [-0.1, -0.05) is 29.4 Å². The summed E-state index contributed by atoms with van der Waals surface area (Å²) in [6.07, 6.45) is 2.89. The Labute approximate surface area is 173 Å². The number of aryl methyl sites for hydroxylation is 1. The highest BCUT2D eigenvalue weighted by Gasteiger charge is 2.35. The summed E-state index contributed by atoms with van der Waals surface area (Å²) in [6.45, 7) is 2.52. The molecule has 2 aromatic heterocycles. The van der Waals surface area contributed by atoms with Crippen LogP contribution in [-0.4, -0.2) is 34.7 Å². The van der Waals surface area contributed by atoms with Gasteiger partial charge >= 0.3 is 0 Å². The average Bonchev–Trinajstić information content (AvgIpc) is 3.48. The van der Waals surface area contributed by atoms with Crippen LogP contribution in [0.15, 0.2) is 53.2 Å². The smallest absolute Gasteiger partial charge is 0.231 e. The number of hydrogen-bond donors (Lipinski definition) is 1. The standard InChI is InChI=1S/C23H22N4O3/c1-14-7-8-17(29-2)11-20(14)27-13-16(10-22(27)28)23-25-21(30-26-23)9-15-12-24-19-6-4-3-5-18(15)19/h3-8,11-12,16,24H,9-10,13H2,1-2H3. The highest BCUT2D eigenvalue weighted by molar-refractivity contribution is 5.97. The normalized spacial score (nSPS) is 16.5. The summed E-state index contributed by atoms with van der Waals surface area (Å²) in [7, 11) is 1.62. The number of aromatic amines is 1. The molecule has 7 nitrogen and oxygen atoms in total. The number of amides is 1. The summed E-state index contributed by atoms with van der Waals surface area (Å²) >= 11 is 0. The van der Waals surface area contributed by atoms with Crippen LogP contribution < -0.4 is 9.64 Å². The van der Waals surface area contributed by atoms with E-state index in [0.29, 0.717) is 31.1 Å². The number of nitrogens with one attached hydrogen (secondary N) is 1. The largest absolute Gasteiger partial charge is 0.497 e.